The normalized spacial score (nSPS) is 22.1. The summed E-state index contributed by atoms with van der Waals surface area (Å²) < 4.78 is 0.996. The standard InChI is InChI=1S/C20H23N2O.C6H8B/c23-20(16-22-13-10-21(11-14-22)12-15-22)19-8-6-18(7-9-19)17-4-2-1-3-5-17;7-6-4-2-1-3-5-6/h1-9H,10-16H2;1-5H,7H3/q+1;-1. The number of benzene rings is 3. The first-order chi connectivity index (χ1) is 14.6. The number of carbonyl (C=O) groups is 1. The van der Waals surface area contributed by atoms with Crippen LogP contribution in [0, 0.1) is 0 Å². The van der Waals surface area contributed by atoms with Crippen molar-refractivity contribution in [3.8, 4) is 11.1 Å². The molecule has 154 valence electrons. The van der Waals surface area contributed by atoms with Gasteiger partial charge in [-0.1, -0.05) is 84.9 Å². The first-order valence-electron chi connectivity index (χ1n) is 10.4. The fourth-order valence-corrected chi connectivity index (χ4v) is 4.19. The van der Waals surface area contributed by atoms with Gasteiger partial charge in [0.2, 0.25) is 5.78 Å². The molecule has 3 heterocycles. The molecule has 6 rings (SSSR count). The van der Waals surface area contributed by atoms with Crippen molar-refractivity contribution in [3.63, 3.8) is 0 Å². The highest BCUT2D eigenvalue weighted by atomic mass is 16.1. The molecule has 3 aliphatic rings. The molecule has 0 aromatic heterocycles. The van der Waals surface area contributed by atoms with Gasteiger partial charge in [-0.25, -0.2) is 5.46 Å². The average molecular weight is 398 g/mol. The molecule has 3 aliphatic heterocycles. The van der Waals surface area contributed by atoms with Crippen LogP contribution in [-0.2, 0) is 0 Å². The van der Waals surface area contributed by atoms with Crippen molar-refractivity contribution in [2.24, 2.45) is 0 Å². The van der Waals surface area contributed by atoms with Gasteiger partial charge in [0.15, 0.2) is 0 Å². The van der Waals surface area contributed by atoms with E-state index in [2.05, 4.69) is 59.5 Å². The molecule has 3 fully saturated rings. The van der Waals surface area contributed by atoms with E-state index in [0.717, 1.165) is 49.3 Å². The minimum absolute atomic E-state index is 0.292. The van der Waals surface area contributed by atoms with Gasteiger partial charge < -0.3 is 4.48 Å². The van der Waals surface area contributed by atoms with Crippen LogP contribution in [0.3, 0.4) is 0 Å². The second-order valence-electron chi connectivity index (χ2n) is 7.96. The summed E-state index contributed by atoms with van der Waals surface area (Å²) in [5, 5.41) is 0. The first-order valence-corrected chi connectivity index (χ1v) is 10.4. The summed E-state index contributed by atoms with van der Waals surface area (Å²) in [5.41, 5.74) is 4.79. The topological polar surface area (TPSA) is 20.3 Å². The molecule has 2 bridgehead atoms. The van der Waals surface area contributed by atoms with Crippen LogP contribution in [0.2, 0.25) is 0 Å². The second kappa shape index (κ2) is 9.42. The summed E-state index contributed by atoms with van der Waals surface area (Å²) in [6.07, 6.45) is 0. The fourth-order valence-electron chi connectivity index (χ4n) is 4.19. The van der Waals surface area contributed by atoms with Gasteiger partial charge in [-0.2, -0.15) is 0 Å². The van der Waals surface area contributed by atoms with E-state index in [9.17, 15) is 4.79 Å². The molecule has 0 saturated carbocycles. The van der Waals surface area contributed by atoms with Crippen LogP contribution in [0.25, 0.3) is 11.1 Å². The number of hydrogen-bond acceptors (Lipinski definition) is 2. The van der Waals surface area contributed by atoms with Gasteiger partial charge in [0.05, 0.1) is 19.6 Å². The molecule has 4 heteroatoms. The molecule has 0 amide bonds. The molecule has 3 nitrogen and oxygen atoms in total. The van der Waals surface area contributed by atoms with Gasteiger partial charge >= 0.3 is 0 Å². The van der Waals surface area contributed by atoms with Crippen molar-refractivity contribution in [2.45, 2.75) is 0 Å². The van der Waals surface area contributed by atoms with Gasteiger partial charge in [0.1, 0.15) is 6.54 Å². The number of piperazine rings is 3. The summed E-state index contributed by atoms with van der Waals surface area (Å²) in [6, 6.07) is 29.1. The Morgan fingerprint density at radius 3 is 1.73 bits per heavy atom. The van der Waals surface area contributed by atoms with E-state index >= 15 is 0 Å². The van der Waals surface area contributed by atoms with Gasteiger partial charge in [0, 0.05) is 25.2 Å². The molecule has 0 aliphatic carbocycles. The molecular weight excluding hydrogens is 367 g/mol. The zero-order chi connectivity index (χ0) is 20.8. The van der Waals surface area contributed by atoms with E-state index in [1.54, 1.807) is 5.46 Å². The largest absolute Gasteiger partial charge is 0.314 e. The number of quaternary nitrogens is 1. The number of rotatable bonds is 4. The van der Waals surface area contributed by atoms with E-state index < -0.39 is 0 Å². The Labute approximate surface area is 181 Å². The third kappa shape index (κ3) is 5.07. The summed E-state index contributed by atoms with van der Waals surface area (Å²) in [6.45, 7) is 7.52. The lowest BCUT2D eigenvalue weighted by atomic mass is 9.97. The van der Waals surface area contributed by atoms with Gasteiger partial charge in [-0.05, 0) is 19.0 Å². The highest BCUT2D eigenvalue weighted by Crippen LogP contribution is 2.22. The summed E-state index contributed by atoms with van der Waals surface area (Å²) >= 11 is 0. The Kier molecular flexibility index (Phi) is 6.46. The number of carbonyl (C=O) groups excluding carboxylic acids is 1. The Hall–Kier alpha value is -2.69. The molecular formula is C26H31BN2O. The molecule has 3 saturated heterocycles. The van der Waals surface area contributed by atoms with Crippen molar-refractivity contribution in [2.75, 3.05) is 45.8 Å². The fraction of sp³-hybridized carbons (Fsp3) is 0.269. The monoisotopic (exact) mass is 398 g/mol. The molecule has 0 unspecified atom stereocenters. The lowest BCUT2D eigenvalue weighted by molar-refractivity contribution is -0.933. The molecule has 0 spiro atoms. The summed E-state index contributed by atoms with van der Waals surface area (Å²) in [7, 11) is 0.446. The van der Waals surface area contributed by atoms with Crippen LogP contribution < -0.4 is 5.46 Å². The van der Waals surface area contributed by atoms with Crippen molar-refractivity contribution >= 4 is 19.1 Å². The van der Waals surface area contributed by atoms with Crippen LogP contribution >= 0.6 is 0 Å². The number of nitrogens with zero attached hydrogens (tertiary/aromatic N) is 2. The first kappa shape index (κ1) is 20.6. The number of ketones is 1. The van der Waals surface area contributed by atoms with E-state index in [1.165, 1.54) is 11.1 Å². The molecule has 0 radical (unpaired) electrons. The lowest BCUT2D eigenvalue weighted by Gasteiger charge is -2.50. The maximum atomic E-state index is 12.7. The number of fused-ring (bicyclic) bond motifs is 3. The van der Waals surface area contributed by atoms with E-state index in [-0.39, 0.29) is 0 Å². The van der Waals surface area contributed by atoms with Crippen molar-refractivity contribution in [1.82, 2.24) is 4.90 Å². The number of hydrogen-bond donors (Lipinski definition) is 0. The van der Waals surface area contributed by atoms with Crippen LogP contribution in [0.5, 0.6) is 0 Å². The Balaban J connectivity index is 0.000000265. The lowest BCUT2D eigenvalue weighted by Crippen LogP contribution is -2.68. The van der Waals surface area contributed by atoms with E-state index in [4.69, 9.17) is 0 Å². The minimum atomic E-state index is 0.292. The minimum Gasteiger partial charge on any atom is -0.314 e. The van der Waals surface area contributed by atoms with E-state index in [0.29, 0.717) is 20.2 Å². The van der Waals surface area contributed by atoms with Crippen molar-refractivity contribution in [3.05, 3.63) is 90.5 Å². The van der Waals surface area contributed by atoms with Crippen molar-refractivity contribution < 1.29 is 9.28 Å². The van der Waals surface area contributed by atoms with Crippen molar-refractivity contribution in [1.29, 1.82) is 0 Å². The third-order valence-electron chi connectivity index (χ3n) is 6.07. The van der Waals surface area contributed by atoms with Gasteiger partial charge in [-0.15, -0.1) is 0 Å². The predicted molar refractivity (Wildman–Crippen MR) is 128 cm³/mol. The van der Waals surface area contributed by atoms with Crippen LogP contribution in [0.4, 0.5) is 0 Å². The van der Waals surface area contributed by atoms with E-state index in [1.807, 2.05) is 30.3 Å². The van der Waals surface area contributed by atoms with Gasteiger partial charge in [0.25, 0.3) is 0 Å². The highest BCUT2D eigenvalue weighted by molar-refractivity contribution is 6.32. The highest BCUT2D eigenvalue weighted by Gasteiger charge is 2.39. The maximum Gasteiger partial charge on any atom is 0.216 e. The quantitative estimate of drug-likeness (QED) is 0.382. The Bertz CT molecular complexity index is 936. The van der Waals surface area contributed by atoms with Crippen LogP contribution in [0.15, 0.2) is 84.9 Å². The Morgan fingerprint density at radius 1 is 0.733 bits per heavy atom. The SMILES string of the molecule is O=C(C[N+]12CCN(CC1)CC2)c1ccc(-c2ccccc2)cc1.[BH3-]c1ccccc1. The number of Topliss-reactive ketones (excluding diaryl/α,β-unsaturated/α-hetero) is 1. The van der Waals surface area contributed by atoms with Gasteiger partial charge in [-0.3, -0.25) is 9.69 Å². The van der Waals surface area contributed by atoms with Crippen LogP contribution in [-0.4, -0.2) is 68.8 Å². The zero-order valence-corrected chi connectivity index (χ0v) is 16.8. The zero-order valence-electron chi connectivity index (χ0n) is 16.8. The molecule has 30 heavy (non-hydrogen) atoms. The molecule has 0 atom stereocenters. The predicted octanol–water partition coefficient (Wildman–Crippen LogP) is 2.36. The summed E-state index contributed by atoms with van der Waals surface area (Å²) in [4.78, 5) is 15.2. The summed E-state index contributed by atoms with van der Waals surface area (Å²) in [5.74, 6) is 0.292. The second-order valence-corrected chi connectivity index (χ2v) is 7.96. The van der Waals surface area contributed by atoms with Crippen LogP contribution in [0.1, 0.15) is 10.4 Å². The third-order valence-corrected chi connectivity index (χ3v) is 6.07. The molecule has 3 aromatic carbocycles. The molecule has 3 aromatic rings. The molecule has 0 N–H and O–H groups in total. The Morgan fingerprint density at radius 2 is 1.23 bits per heavy atom. The average Bonchev–Trinajstić information content (AvgIpc) is 2.82. The maximum absolute atomic E-state index is 12.7. The smallest absolute Gasteiger partial charge is 0.216 e.